The van der Waals surface area contributed by atoms with Crippen LogP contribution >= 0.6 is 27.3 Å². The summed E-state index contributed by atoms with van der Waals surface area (Å²) in [4.78, 5) is 11.7. The second-order valence-corrected chi connectivity index (χ2v) is 8.34. The average Bonchev–Trinajstić information content (AvgIpc) is 2.99. The van der Waals surface area contributed by atoms with Gasteiger partial charge >= 0.3 is 5.97 Å². The van der Waals surface area contributed by atoms with Crippen LogP contribution in [-0.4, -0.2) is 32.8 Å². The second kappa shape index (κ2) is 6.91. The van der Waals surface area contributed by atoms with E-state index in [9.17, 15) is 13.2 Å². The van der Waals surface area contributed by atoms with E-state index in [4.69, 9.17) is 0 Å². The summed E-state index contributed by atoms with van der Waals surface area (Å²) in [6.07, 6.45) is 0. The first-order chi connectivity index (χ1) is 10.4. The quantitative estimate of drug-likeness (QED) is 0.719. The Morgan fingerprint density at radius 3 is 2.50 bits per heavy atom. The highest BCUT2D eigenvalue weighted by Gasteiger charge is 2.28. The first-order valence-electron chi connectivity index (χ1n) is 6.23. The number of halogens is 1. The van der Waals surface area contributed by atoms with Crippen LogP contribution in [0.25, 0.3) is 0 Å². The van der Waals surface area contributed by atoms with Gasteiger partial charge in [-0.1, -0.05) is 28.1 Å². The molecule has 0 saturated carbocycles. The highest BCUT2D eigenvalue weighted by Crippen LogP contribution is 2.26. The highest BCUT2D eigenvalue weighted by atomic mass is 79.9. The van der Waals surface area contributed by atoms with Gasteiger partial charge in [0.15, 0.2) is 0 Å². The standard InChI is InChI=1S/C14H14BrNO4S2/c1-16(9-10-3-5-11(15)6-4-10)22(18,19)12-7-8-21-13(12)14(17)20-2/h3-8H,9H2,1-2H3. The number of carbonyl (C=O) groups is 1. The Morgan fingerprint density at radius 2 is 1.91 bits per heavy atom. The molecule has 0 bridgehead atoms. The lowest BCUT2D eigenvalue weighted by molar-refractivity contribution is 0.0602. The lowest BCUT2D eigenvalue weighted by Crippen LogP contribution is -2.27. The van der Waals surface area contributed by atoms with Gasteiger partial charge in [-0.2, -0.15) is 4.31 Å². The summed E-state index contributed by atoms with van der Waals surface area (Å²) >= 11 is 4.38. The molecule has 2 rings (SSSR count). The molecule has 1 aromatic carbocycles. The Hall–Kier alpha value is -1.22. The number of hydrogen-bond acceptors (Lipinski definition) is 5. The molecule has 1 aromatic heterocycles. The molecule has 0 spiro atoms. The van der Waals surface area contributed by atoms with E-state index >= 15 is 0 Å². The first kappa shape index (κ1) is 17.1. The van der Waals surface area contributed by atoms with Crippen LogP contribution < -0.4 is 0 Å². The molecular weight excluding hydrogens is 390 g/mol. The van der Waals surface area contributed by atoms with Crippen LogP contribution in [0, 0.1) is 0 Å². The molecule has 0 saturated heterocycles. The number of nitrogens with zero attached hydrogens (tertiary/aromatic N) is 1. The van der Waals surface area contributed by atoms with Crippen molar-refractivity contribution < 1.29 is 17.9 Å². The van der Waals surface area contributed by atoms with Crippen LogP contribution in [0.2, 0.25) is 0 Å². The zero-order chi connectivity index (χ0) is 16.3. The largest absolute Gasteiger partial charge is 0.465 e. The van der Waals surface area contributed by atoms with Gasteiger partial charge in [0.2, 0.25) is 10.0 Å². The summed E-state index contributed by atoms with van der Waals surface area (Å²) in [5, 5.41) is 1.56. The van der Waals surface area contributed by atoms with Crippen molar-refractivity contribution in [2.24, 2.45) is 0 Å². The predicted molar refractivity (Wildman–Crippen MR) is 88.5 cm³/mol. The molecule has 22 heavy (non-hydrogen) atoms. The van der Waals surface area contributed by atoms with Crippen molar-refractivity contribution in [3.8, 4) is 0 Å². The van der Waals surface area contributed by atoms with Crippen LogP contribution in [0.3, 0.4) is 0 Å². The third-order valence-corrected chi connectivity index (χ3v) is 6.40. The third-order valence-electron chi connectivity index (χ3n) is 3.01. The minimum Gasteiger partial charge on any atom is -0.465 e. The summed E-state index contributed by atoms with van der Waals surface area (Å²) in [7, 11) is -1.05. The van der Waals surface area contributed by atoms with E-state index in [-0.39, 0.29) is 16.3 Å². The Morgan fingerprint density at radius 1 is 1.27 bits per heavy atom. The normalized spacial score (nSPS) is 11.6. The van der Waals surface area contributed by atoms with Crippen LogP contribution in [0.4, 0.5) is 0 Å². The SMILES string of the molecule is COC(=O)c1sccc1S(=O)(=O)N(C)Cc1ccc(Br)cc1. The Balaban J connectivity index is 2.28. The van der Waals surface area contributed by atoms with Gasteiger partial charge in [0, 0.05) is 18.1 Å². The molecule has 0 N–H and O–H groups in total. The van der Waals surface area contributed by atoms with E-state index in [1.165, 1.54) is 24.5 Å². The maximum atomic E-state index is 12.6. The van der Waals surface area contributed by atoms with E-state index < -0.39 is 16.0 Å². The lowest BCUT2D eigenvalue weighted by Gasteiger charge is -2.17. The average molecular weight is 404 g/mol. The summed E-state index contributed by atoms with van der Waals surface area (Å²) in [6, 6.07) is 8.79. The van der Waals surface area contributed by atoms with Gasteiger partial charge in [0.05, 0.1) is 7.11 Å². The number of ether oxygens (including phenoxy) is 1. The molecule has 0 fully saturated rings. The fraction of sp³-hybridized carbons (Fsp3) is 0.214. The Labute approximate surface area is 141 Å². The van der Waals surface area contributed by atoms with Crippen molar-refractivity contribution in [1.29, 1.82) is 0 Å². The molecule has 2 aromatic rings. The first-order valence-corrected chi connectivity index (χ1v) is 9.34. The van der Waals surface area contributed by atoms with Crippen LogP contribution in [0.1, 0.15) is 15.2 Å². The van der Waals surface area contributed by atoms with Crippen LogP contribution in [0.5, 0.6) is 0 Å². The van der Waals surface area contributed by atoms with Crippen molar-refractivity contribution in [2.45, 2.75) is 11.4 Å². The molecule has 0 aliphatic rings. The zero-order valence-electron chi connectivity index (χ0n) is 11.9. The summed E-state index contributed by atoms with van der Waals surface area (Å²) in [5.74, 6) is -0.648. The summed E-state index contributed by atoms with van der Waals surface area (Å²) in [6.45, 7) is 0.214. The minimum absolute atomic E-state index is 0.0241. The molecule has 0 atom stereocenters. The number of esters is 1. The Kier molecular flexibility index (Phi) is 5.38. The fourth-order valence-corrected chi connectivity index (χ4v) is 4.57. The van der Waals surface area contributed by atoms with E-state index in [0.717, 1.165) is 21.4 Å². The van der Waals surface area contributed by atoms with E-state index in [1.54, 1.807) is 5.38 Å². The maximum Gasteiger partial charge on any atom is 0.349 e. The summed E-state index contributed by atoms with van der Waals surface area (Å²) < 4.78 is 32.0. The number of methoxy groups -OCH3 is 1. The number of benzene rings is 1. The summed E-state index contributed by atoms with van der Waals surface area (Å²) in [5.41, 5.74) is 0.851. The maximum absolute atomic E-state index is 12.6. The molecular formula is C14H14BrNO4S2. The number of sulfonamides is 1. The topological polar surface area (TPSA) is 63.7 Å². The number of hydrogen-bond donors (Lipinski definition) is 0. The third kappa shape index (κ3) is 3.57. The molecule has 0 aliphatic heterocycles. The van der Waals surface area contributed by atoms with Crippen molar-refractivity contribution in [1.82, 2.24) is 4.31 Å². The van der Waals surface area contributed by atoms with Gasteiger partial charge in [-0.3, -0.25) is 0 Å². The van der Waals surface area contributed by atoms with Crippen LogP contribution in [-0.2, 0) is 21.3 Å². The monoisotopic (exact) mass is 403 g/mol. The van der Waals surface area contributed by atoms with Gasteiger partial charge in [-0.25, -0.2) is 13.2 Å². The second-order valence-electron chi connectivity index (χ2n) is 4.49. The molecule has 5 nitrogen and oxygen atoms in total. The van der Waals surface area contributed by atoms with Crippen molar-refractivity contribution in [2.75, 3.05) is 14.2 Å². The van der Waals surface area contributed by atoms with E-state index in [0.29, 0.717) is 0 Å². The molecule has 0 unspecified atom stereocenters. The molecule has 1 heterocycles. The van der Waals surface area contributed by atoms with Crippen LogP contribution in [0.15, 0.2) is 45.1 Å². The smallest absolute Gasteiger partial charge is 0.349 e. The fourth-order valence-electron chi connectivity index (χ4n) is 1.84. The number of thiophene rings is 1. The molecule has 118 valence electrons. The highest BCUT2D eigenvalue weighted by molar-refractivity contribution is 9.10. The molecule has 0 aliphatic carbocycles. The van der Waals surface area contributed by atoms with Crippen molar-refractivity contribution >= 4 is 43.3 Å². The van der Waals surface area contributed by atoms with Crippen molar-refractivity contribution in [3.63, 3.8) is 0 Å². The number of rotatable bonds is 5. The predicted octanol–water partition coefficient (Wildman–Crippen LogP) is 3.12. The molecule has 0 amide bonds. The Bertz CT molecular complexity index is 768. The van der Waals surface area contributed by atoms with Gasteiger partial charge in [0.25, 0.3) is 0 Å². The lowest BCUT2D eigenvalue weighted by atomic mass is 10.2. The molecule has 0 radical (unpaired) electrons. The van der Waals surface area contributed by atoms with Gasteiger partial charge in [-0.15, -0.1) is 11.3 Å². The van der Waals surface area contributed by atoms with Crippen molar-refractivity contribution in [3.05, 3.63) is 50.6 Å². The van der Waals surface area contributed by atoms with E-state index in [2.05, 4.69) is 20.7 Å². The number of carbonyl (C=O) groups excluding carboxylic acids is 1. The van der Waals surface area contributed by atoms with Gasteiger partial charge in [0.1, 0.15) is 9.77 Å². The zero-order valence-corrected chi connectivity index (χ0v) is 15.2. The van der Waals surface area contributed by atoms with Gasteiger partial charge in [-0.05, 0) is 29.1 Å². The van der Waals surface area contributed by atoms with Gasteiger partial charge < -0.3 is 4.74 Å². The molecule has 8 heteroatoms. The van der Waals surface area contributed by atoms with E-state index in [1.807, 2.05) is 24.3 Å². The minimum atomic E-state index is -3.76.